The zero-order valence-electron chi connectivity index (χ0n) is 10.9. The van der Waals surface area contributed by atoms with Crippen LogP contribution in [-0.4, -0.2) is 35.4 Å². The van der Waals surface area contributed by atoms with Crippen LogP contribution in [0.2, 0.25) is 0 Å². The summed E-state index contributed by atoms with van der Waals surface area (Å²) in [6.07, 6.45) is 9.95. The van der Waals surface area contributed by atoms with Crippen LogP contribution in [0.1, 0.15) is 44.3 Å². The van der Waals surface area contributed by atoms with Crippen LogP contribution in [-0.2, 0) is 11.3 Å². The number of hydrogen-bond donors (Lipinski definition) is 0. The van der Waals surface area contributed by atoms with Crippen LogP contribution < -0.4 is 0 Å². The van der Waals surface area contributed by atoms with E-state index >= 15 is 0 Å². The minimum atomic E-state index is 0.425. The number of hydrogen-bond acceptors (Lipinski definition) is 4. The van der Waals surface area contributed by atoms with Crippen molar-refractivity contribution in [3.05, 3.63) is 18.0 Å². The molecule has 1 aliphatic carbocycles. The molecule has 4 heteroatoms. The van der Waals surface area contributed by atoms with Gasteiger partial charge in [0.05, 0.1) is 18.8 Å². The molecule has 2 aliphatic rings. The van der Waals surface area contributed by atoms with Gasteiger partial charge in [0.1, 0.15) is 0 Å². The van der Waals surface area contributed by atoms with Gasteiger partial charge in [-0.2, -0.15) is 0 Å². The Balaban J connectivity index is 1.62. The first-order valence-corrected chi connectivity index (χ1v) is 7.17. The van der Waals surface area contributed by atoms with Crippen molar-refractivity contribution in [1.29, 1.82) is 0 Å². The van der Waals surface area contributed by atoms with Gasteiger partial charge in [-0.25, -0.2) is 0 Å². The van der Waals surface area contributed by atoms with E-state index in [1.54, 1.807) is 6.20 Å². The van der Waals surface area contributed by atoms with E-state index in [9.17, 15) is 0 Å². The lowest BCUT2D eigenvalue weighted by atomic mass is 10.1. The van der Waals surface area contributed by atoms with Crippen LogP contribution in [0.3, 0.4) is 0 Å². The third-order valence-corrected chi connectivity index (χ3v) is 4.15. The molecular formula is C14H22N2O2. The van der Waals surface area contributed by atoms with Crippen molar-refractivity contribution in [2.45, 2.75) is 57.2 Å². The summed E-state index contributed by atoms with van der Waals surface area (Å²) in [6.45, 7) is 2.86. The van der Waals surface area contributed by atoms with Crippen LogP contribution in [0.25, 0.3) is 0 Å². The molecule has 0 bridgehead atoms. The van der Waals surface area contributed by atoms with Gasteiger partial charge >= 0.3 is 0 Å². The molecule has 18 heavy (non-hydrogen) atoms. The van der Waals surface area contributed by atoms with Gasteiger partial charge in [-0.05, 0) is 25.7 Å². The van der Waals surface area contributed by atoms with Gasteiger partial charge in [-0.3, -0.25) is 4.90 Å². The monoisotopic (exact) mass is 250 g/mol. The van der Waals surface area contributed by atoms with E-state index in [-0.39, 0.29) is 0 Å². The van der Waals surface area contributed by atoms with E-state index in [0.29, 0.717) is 12.1 Å². The van der Waals surface area contributed by atoms with Crippen LogP contribution >= 0.6 is 0 Å². The van der Waals surface area contributed by atoms with Crippen LogP contribution in [0.15, 0.2) is 16.8 Å². The van der Waals surface area contributed by atoms with Crippen molar-refractivity contribution in [1.82, 2.24) is 10.1 Å². The van der Waals surface area contributed by atoms with E-state index < -0.39 is 0 Å². The number of aromatic nitrogens is 1. The molecule has 1 saturated carbocycles. The van der Waals surface area contributed by atoms with Gasteiger partial charge in [0.25, 0.3) is 0 Å². The average molecular weight is 250 g/mol. The van der Waals surface area contributed by atoms with Gasteiger partial charge in [0, 0.05) is 25.3 Å². The first-order chi connectivity index (χ1) is 8.92. The largest absolute Gasteiger partial charge is 0.377 e. The van der Waals surface area contributed by atoms with E-state index in [0.717, 1.165) is 25.5 Å². The van der Waals surface area contributed by atoms with E-state index in [1.807, 2.05) is 6.07 Å². The van der Waals surface area contributed by atoms with Crippen molar-refractivity contribution >= 4 is 0 Å². The highest BCUT2D eigenvalue weighted by Gasteiger charge is 2.27. The Hall–Kier alpha value is -0.870. The summed E-state index contributed by atoms with van der Waals surface area (Å²) >= 11 is 0. The fourth-order valence-corrected chi connectivity index (χ4v) is 3.19. The zero-order valence-corrected chi connectivity index (χ0v) is 10.9. The smallest absolute Gasteiger partial charge is 0.150 e. The summed E-state index contributed by atoms with van der Waals surface area (Å²) in [5.74, 6) is 0.972. The molecule has 100 valence electrons. The first-order valence-electron chi connectivity index (χ1n) is 7.17. The first kappa shape index (κ1) is 12.2. The lowest BCUT2D eigenvalue weighted by Gasteiger charge is -2.29. The van der Waals surface area contributed by atoms with E-state index in [2.05, 4.69) is 10.1 Å². The highest BCUT2D eigenvalue weighted by molar-refractivity contribution is 4.94. The van der Waals surface area contributed by atoms with Crippen molar-refractivity contribution in [3.8, 4) is 0 Å². The van der Waals surface area contributed by atoms with Gasteiger partial charge in [0.2, 0.25) is 0 Å². The molecule has 0 aromatic carbocycles. The maximum absolute atomic E-state index is 5.77. The summed E-state index contributed by atoms with van der Waals surface area (Å²) in [5.41, 5.74) is 0. The molecule has 0 N–H and O–H groups in total. The van der Waals surface area contributed by atoms with Gasteiger partial charge in [-0.1, -0.05) is 18.0 Å². The minimum Gasteiger partial charge on any atom is -0.377 e. The molecule has 4 nitrogen and oxygen atoms in total. The van der Waals surface area contributed by atoms with Crippen LogP contribution in [0.4, 0.5) is 0 Å². The predicted octanol–water partition coefficient (Wildman–Crippen LogP) is 2.60. The molecule has 0 radical (unpaired) electrons. The lowest BCUT2D eigenvalue weighted by molar-refractivity contribution is 0.0503. The summed E-state index contributed by atoms with van der Waals surface area (Å²) < 4.78 is 11.0. The van der Waals surface area contributed by atoms with E-state index in [4.69, 9.17) is 9.26 Å². The zero-order chi connectivity index (χ0) is 12.2. The fourth-order valence-electron chi connectivity index (χ4n) is 3.19. The molecular weight excluding hydrogens is 228 g/mol. The summed E-state index contributed by atoms with van der Waals surface area (Å²) in [7, 11) is 0. The standard InChI is InChI=1S/C14H22N2O2/c1-2-5-12(4-1)16(10-13-6-3-9-17-13)11-14-7-8-15-18-14/h7-8,12-13H,1-6,9-11H2/t13-/m1/s1. The van der Waals surface area contributed by atoms with Gasteiger partial charge in [0.15, 0.2) is 5.76 Å². The van der Waals surface area contributed by atoms with Gasteiger partial charge in [-0.15, -0.1) is 0 Å². The predicted molar refractivity (Wildman–Crippen MR) is 68.1 cm³/mol. The minimum absolute atomic E-state index is 0.425. The molecule has 0 amide bonds. The second-order valence-corrected chi connectivity index (χ2v) is 5.48. The van der Waals surface area contributed by atoms with Crippen LogP contribution in [0, 0.1) is 0 Å². The van der Waals surface area contributed by atoms with Crippen molar-refractivity contribution < 1.29 is 9.26 Å². The Kier molecular flexibility index (Phi) is 3.96. The highest BCUT2D eigenvalue weighted by atomic mass is 16.5. The van der Waals surface area contributed by atoms with Crippen molar-refractivity contribution in [3.63, 3.8) is 0 Å². The lowest BCUT2D eigenvalue weighted by Crippen LogP contribution is -2.38. The fraction of sp³-hybridized carbons (Fsp3) is 0.786. The molecule has 0 unspecified atom stereocenters. The molecule has 1 aliphatic heterocycles. The second-order valence-electron chi connectivity index (χ2n) is 5.48. The highest BCUT2D eigenvalue weighted by Crippen LogP contribution is 2.26. The Morgan fingerprint density at radius 2 is 2.11 bits per heavy atom. The molecule has 1 aromatic rings. The normalized spacial score (nSPS) is 25.3. The quantitative estimate of drug-likeness (QED) is 0.805. The molecule has 2 heterocycles. The topological polar surface area (TPSA) is 38.5 Å². The second kappa shape index (κ2) is 5.85. The summed E-state index contributed by atoms with van der Waals surface area (Å²) in [5, 5.41) is 3.80. The van der Waals surface area contributed by atoms with E-state index in [1.165, 1.54) is 38.5 Å². The molecule has 2 fully saturated rings. The third kappa shape index (κ3) is 2.93. The summed E-state index contributed by atoms with van der Waals surface area (Å²) in [4.78, 5) is 2.55. The number of ether oxygens (including phenoxy) is 1. The third-order valence-electron chi connectivity index (χ3n) is 4.15. The SMILES string of the molecule is c1cc(CN(C[C@H]2CCCO2)C2CCCC2)on1. The Labute approximate surface area is 108 Å². The van der Waals surface area contributed by atoms with Crippen molar-refractivity contribution in [2.75, 3.05) is 13.2 Å². The maximum atomic E-state index is 5.77. The Morgan fingerprint density at radius 1 is 1.22 bits per heavy atom. The maximum Gasteiger partial charge on any atom is 0.150 e. The van der Waals surface area contributed by atoms with Crippen LogP contribution in [0.5, 0.6) is 0 Å². The van der Waals surface area contributed by atoms with Gasteiger partial charge < -0.3 is 9.26 Å². The molecule has 1 atom stereocenters. The average Bonchev–Trinajstić information content (AvgIpc) is 3.13. The Bertz CT molecular complexity index is 341. The molecule has 0 spiro atoms. The number of nitrogens with zero attached hydrogens (tertiary/aromatic N) is 2. The van der Waals surface area contributed by atoms with Crippen molar-refractivity contribution in [2.24, 2.45) is 0 Å². The molecule has 3 rings (SSSR count). The number of rotatable bonds is 5. The Morgan fingerprint density at radius 3 is 2.78 bits per heavy atom. The molecule has 1 aromatic heterocycles. The summed E-state index contributed by atoms with van der Waals surface area (Å²) in [6, 6.07) is 2.68. The molecule has 1 saturated heterocycles.